The minimum Gasteiger partial charge on any atom is -0.454 e. The van der Waals surface area contributed by atoms with Gasteiger partial charge in [0.05, 0.1) is 6.10 Å². The molecule has 1 atom stereocenters. The standard InChI is InChI=1S/C19H22N2O4/c1-21(2)15-5-3-4-14(10-15)19(23)20-9-8-16(22)13-6-7-17-18(11-13)25-12-24-17/h3-7,10-11,16,22H,8-9,12H2,1-2H3,(H,20,23)/t16-/m0/s1. The number of nitrogens with one attached hydrogen (secondary N) is 1. The SMILES string of the molecule is CN(C)c1cccc(C(=O)NCC[C@H](O)c2ccc3c(c2)OCO3)c1. The second-order valence-electron chi connectivity index (χ2n) is 6.12. The lowest BCUT2D eigenvalue weighted by Gasteiger charge is -2.14. The highest BCUT2D eigenvalue weighted by Crippen LogP contribution is 2.34. The Kier molecular flexibility index (Phi) is 5.09. The van der Waals surface area contributed by atoms with Gasteiger partial charge in [-0.25, -0.2) is 0 Å². The molecule has 1 aliphatic heterocycles. The molecule has 6 heteroatoms. The maximum atomic E-state index is 12.2. The molecular weight excluding hydrogens is 320 g/mol. The van der Waals surface area contributed by atoms with E-state index in [0.29, 0.717) is 30.0 Å². The normalized spacial score (nSPS) is 13.4. The van der Waals surface area contributed by atoms with Gasteiger partial charge in [-0.15, -0.1) is 0 Å². The first-order valence-corrected chi connectivity index (χ1v) is 8.18. The van der Waals surface area contributed by atoms with E-state index in [0.717, 1.165) is 11.3 Å². The number of aliphatic hydroxyl groups excluding tert-OH is 1. The summed E-state index contributed by atoms with van der Waals surface area (Å²) in [6, 6.07) is 12.8. The van der Waals surface area contributed by atoms with Crippen LogP contribution in [0.4, 0.5) is 5.69 Å². The van der Waals surface area contributed by atoms with Crippen molar-refractivity contribution in [3.63, 3.8) is 0 Å². The topological polar surface area (TPSA) is 71.0 Å². The fourth-order valence-corrected chi connectivity index (χ4v) is 2.64. The third-order valence-corrected chi connectivity index (χ3v) is 4.11. The smallest absolute Gasteiger partial charge is 0.251 e. The third-order valence-electron chi connectivity index (χ3n) is 4.11. The van der Waals surface area contributed by atoms with Crippen molar-refractivity contribution in [2.75, 3.05) is 32.3 Å². The Hall–Kier alpha value is -2.73. The van der Waals surface area contributed by atoms with Crippen LogP contribution in [0.1, 0.15) is 28.4 Å². The van der Waals surface area contributed by atoms with Gasteiger partial charge in [-0.1, -0.05) is 12.1 Å². The van der Waals surface area contributed by atoms with Crippen LogP contribution in [0.15, 0.2) is 42.5 Å². The summed E-state index contributed by atoms with van der Waals surface area (Å²) in [6.45, 7) is 0.581. The number of amides is 1. The summed E-state index contributed by atoms with van der Waals surface area (Å²) in [5.74, 6) is 1.17. The second kappa shape index (κ2) is 7.44. The van der Waals surface area contributed by atoms with Crippen LogP contribution in [0.5, 0.6) is 11.5 Å². The number of anilines is 1. The fraction of sp³-hybridized carbons (Fsp3) is 0.316. The number of aliphatic hydroxyl groups is 1. The van der Waals surface area contributed by atoms with Gasteiger partial charge in [0.15, 0.2) is 11.5 Å². The lowest BCUT2D eigenvalue weighted by Crippen LogP contribution is -2.26. The highest BCUT2D eigenvalue weighted by molar-refractivity contribution is 5.95. The van der Waals surface area contributed by atoms with E-state index >= 15 is 0 Å². The summed E-state index contributed by atoms with van der Waals surface area (Å²) in [7, 11) is 3.86. The van der Waals surface area contributed by atoms with E-state index in [4.69, 9.17) is 9.47 Å². The molecule has 132 valence electrons. The summed E-state index contributed by atoms with van der Waals surface area (Å²) < 4.78 is 10.6. The molecule has 2 aromatic rings. The Bertz CT molecular complexity index is 761. The predicted octanol–water partition coefficient (Wildman–Crippen LogP) is 2.33. The average molecular weight is 342 g/mol. The molecule has 1 heterocycles. The molecule has 0 saturated heterocycles. The number of hydrogen-bond acceptors (Lipinski definition) is 5. The van der Waals surface area contributed by atoms with Gasteiger partial charge in [-0.05, 0) is 42.3 Å². The highest BCUT2D eigenvalue weighted by atomic mass is 16.7. The molecule has 0 radical (unpaired) electrons. The lowest BCUT2D eigenvalue weighted by molar-refractivity contribution is 0.0942. The summed E-state index contributed by atoms with van der Waals surface area (Å²) in [4.78, 5) is 14.2. The van der Waals surface area contributed by atoms with Crippen LogP contribution >= 0.6 is 0 Å². The predicted molar refractivity (Wildman–Crippen MR) is 95.2 cm³/mol. The van der Waals surface area contributed by atoms with Gasteiger partial charge in [0.25, 0.3) is 5.91 Å². The van der Waals surface area contributed by atoms with Crippen molar-refractivity contribution < 1.29 is 19.4 Å². The Morgan fingerprint density at radius 2 is 2.00 bits per heavy atom. The van der Waals surface area contributed by atoms with Gasteiger partial charge in [-0.3, -0.25) is 4.79 Å². The monoisotopic (exact) mass is 342 g/mol. The number of ether oxygens (including phenoxy) is 2. The van der Waals surface area contributed by atoms with Gasteiger partial charge in [0.1, 0.15) is 0 Å². The third kappa shape index (κ3) is 4.03. The lowest BCUT2D eigenvalue weighted by atomic mass is 10.1. The first-order valence-electron chi connectivity index (χ1n) is 8.18. The van der Waals surface area contributed by atoms with Crippen molar-refractivity contribution in [2.24, 2.45) is 0 Å². The van der Waals surface area contributed by atoms with Gasteiger partial charge >= 0.3 is 0 Å². The van der Waals surface area contributed by atoms with Crippen molar-refractivity contribution >= 4 is 11.6 Å². The molecule has 0 fully saturated rings. The minimum atomic E-state index is -0.678. The molecule has 2 aromatic carbocycles. The van der Waals surface area contributed by atoms with Crippen LogP contribution in [0.3, 0.4) is 0 Å². The van der Waals surface area contributed by atoms with Crippen LogP contribution in [0, 0.1) is 0 Å². The zero-order valence-corrected chi connectivity index (χ0v) is 14.4. The molecule has 0 unspecified atom stereocenters. The Labute approximate surface area is 147 Å². The number of carbonyl (C=O) groups excluding carboxylic acids is 1. The number of benzene rings is 2. The first-order chi connectivity index (χ1) is 12.0. The van der Waals surface area contributed by atoms with E-state index in [1.807, 2.05) is 37.2 Å². The largest absolute Gasteiger partial charge is 0.454 e. The molecule has 6 nitrogen and oxygen atoms in total. The number of carbonyl (C=O) groups is 1. The summed E-state index contributed by atoms with van der Waals surface area (Å²) >= 11 is 0. The minimum absolute atomic E-state index is 0.151. The molecule has 3 rings (SSSR count). The van der Waals surface area contributed by atoms with Gasteiger partial charge < -0.3 is 24.8 Å². The van der Waals surface area contributed by atoms with Crippen LogP contribution in [-0.4, -0.2) is 38.4 Å². The van der Waals surface area contributed by atoms with Crippen LogP contribution in [-0.2, 0) is 0 Å². The van der Waals surface area contributed by atoms with E-state index in [2.05, 4.69) is 5.32 Å². The van der Waals surface area contributed by atoms with E-state index in [-0.39, 0.29) is 12.7 Å². The Morgan fingerprint density at radius 3 is 2.80 bits per heavy atom. The van der Waals surface area contributed by atoms with Gasteiger partial charge in [-0.2, -0.15) is 0 Å². The molecular formula is C19H22N2O4. The fourth-order valence-electron chi connectivity index (χ4n) is 2.64. The van der Waals surface area contributed by atoms with E-state index in [1.165, 1.54) is 0 Å². The van der Waals surface area contributed by atoms with Crippen molar-refractivity contribution in [1.29, 1.82) is 0 Å². The zero-order chi connectivity index (χ0) is 17.8. The average Bonchev–Trinajstić information content (AvgIpc) is 3.09. The number of rotatable bonds is 6. The molecule has 0 saturated carbocycles. The second-order valence-corrected chi connectivity index (χ2v) is 6.12. The van der Waals surface area contributed by atoms with Crippen molar-refractivity contribution in [3.05, 3.63) is 53.6 Å². The van der Waals surface area contributed by atoms with Gasteiger partial charge in [0, 0.05) is 31.9 Å². The molecule has 0 aliphatic carbocycles. The van der Waals surface area contributed by atoms with E-state index < -0.39 is 6.10 Å². The number of hydrogen-bond donors (Lipinski definition) is 2. The van der Waals surface area contributed by atoms with Gasteiger partial charge in [0.2, 0.25) is 6.79 Å². The maximum absolute atomic E-state index is 12.2. The molecule has 1 amide bonds. The Morgan fingerprint density at radius 1 is 1.20 bits per heavy atom. The summed E-state index contributed by atoms with van der Waals surface area (Å²) in [6.07, 6.45) is -0.262. The molecule has 25 heavy (non-hydrogen) atoms. The first kappa shape index (κ1) is 17.1. The summed E-state index contributed by atoms with van der Waals surface area (Å²) in [5, 5.41) is 13.1. The molecule has 1 aliphatic rings. The zero-order valence-electron chi connectivity index (χ0n) is 14.4. The summed E-state index contributed by atoms with van der Waals surface area (Å²) in [5.41, 5.74) is 2.31. The molecule has 0 aromatic heterocycles. The van der Waals surface area contributed by atoms with Crippen LogP contribution in [0.2, 0.25) is 0 Å². The molecule has 0 spiro atoms. The number of nitrogens with zero attached hydrogens (tertiary/aromatic N) is 1. The maximum Gasteiger partial charge on any atom is 0.251 e. The number of fused-ring (bicyclic) bond motifs is 1. The van der Waals surface area contributed by atoms with Crippen molar-refractivity contribution in [1.82, 2.24) is 5.32 Å². The van der Waals surface area contributed by atoms with Crippen LogP contribution < -0.4 is 19.7 Å². The van der Waals surface area contributed by atoms with Crippen molar-refractivity contribution in [2.45, 2.75) is 12.5 Å². The van der Waals surface area contributed by atoms with E-state index in [9.17, 15) is 9.90 Å². The Balaban J connectivity index is 1.53. The van der Waals surface area contributed by atoms with Crippen molar-refractivity contribution in [3.8, 4) is 11.5 Å². The quantitative estimate of drug-likeness (QED) is 0.843. The van der Waals surface area contributed by atoms with E-state index in [1.54, 1.807) is 24.3 Å². The highest BCUT2D eigenvalue weighted by Gasteiger charge is 2.17. The molecule has 0 bridgehead atoms. The molecule has 2 N–H and O–H groups in total. The van der Waals surface area contributed by atoms with Crippen LogP contribution in [0.25, 0.3) is 0 Å².